The van der Waals surface area contributed by atoms with Gasteiger partial charge in [-0.25, -0.2) is 4.83 Å². The number of hydrogen-bond acceptors (Lipinski definition) is 3. The first kappa shape index (κ1) is 22.1. The van der Waals surface area contributed by atoms with Crippen LogP contribution in [-0.4, -0.2) is 19.2 Å². The standard InChI is InChI=1S/C22H16Cl2IN3O2S/c23-20-10-5-15(11-21(20)24)13-28-14-16(19-3-1-2-4-22(19)28)12-26-27-31(29,30)18-8-6-17(25)7-9-18/h1-12,14,27H,13H2/b26-12-. The monoisotopic (exact) mass is 583 g/mol. The number of benzene rings is 3. The second kappa shape index (κ2) is 9.20. The second-order valence-corrected chi connectivity index (χ2v) is 10.5. The quantitative estimate of drug-likeness (QED) is 0.174. The predicted molar refractivity (Wildman–Crippen MR) is 135 cm³/mol. The highest BCUT2D eigenvalue weighted by molar-refractivity contribution is 14.1. The number of rotatable bonds is 6. The van der Waals surface area contributed by atoms with Crippen LogP contribution in [0, 0.1) is 3.57 Å². The Hall–Kier alpha value is -2.07. The summed E-state index contributed by atoms with van der Waals surface area (Å²) in [6.07, 6.45) is 3.44. The fourth-order valence-electron chi connectivity index (χ4n) is 3.18. The van der Waals surface area contributed by atoms with Crippen LogP contribution in [-0.2, 0) is 16.6 Å². The highest BCUT2D eigenvalue weighted by Gasteiger charge is 2.13. The van der Waals surface area contributed by atoms with Crippen molar-refractivity contribution < 1.29 is 8.42 Å². The molecule has 0 atom stereocenters. The molecule has 9 heteroatoms. The van der Waals surface area contributed by atoms with Gasteiger partial charge in [0.2, 0.25) is 0 Å². The minimum atomic E-state index is -3.74. The van der Waals surface area contributed by atoms with Crippen molar-refractivity contribution in [1.29, 1.82) is 0 Å². The number of halogens is 3. The summed E-state index contributed by atoms with van der Waals surface area (Å²) in [5.74, 6) is 0. The summed E-state index contributed by atoms with van der Waals surface area (Å²) < 4.78 is 27.9. The van der Waals surface area contributed by atoms with Crippen LogP contribution in [0.5, 0.6) is 0 Å². The molecule has 0 fully saturated rings. The first-order chi connectivity index (χ1) is 14.8. The van der Waals surface area contributed by atoms with E-state index in [2.05, 4.69) is 37.1 Å². The number of nitrogens with one attached hydrogen (secondary N) is 1. The summed E-state index contributed by atoms with van der Waals surface area (Å²) in [5, 5.41) is 5.96. The molecule has 1 heterocycles. The minimum absolute atomic E-state index is 0.159. The zero-order valence-corrected chi connectivity index (χ0v) is 20.5. The van der Waals surface area contributed by atoms with Gasteiger partial charge in [-0.15, -0.1) is 0 Å². The molecule has 0 amide bonds. The first-order valence-corrected chi connectivity index (χ1v) is 12.5. The third-order valence-corrected chi connectivity index (χ3v) is 7.35. The fraction of sp³-hybridized carbons (Fsp3) is 0.0455. The van der Waals surface area contributed by atoms with E-state index in [1.54, 1.807) is 30.3 Å². The van der Waals surface area contributed by atoms with E-state index in [0.29, 0.717) is 16.6 Å². The Labute approximate surface area is 203 Å². The SMILES string of the molecule is O=S(=O)(N/N=C\c1cn(Cc2ccc(Cl)c(Cl)c2)c2ccccc12)c1ccc(I)cc1. The molecule has 0 aliphatic heterocycles. The molecule has 5 nitrogen and oxygen atoms in total. The van der Waals surface area contributed by atoms with Gasteiger partial charge < -0.3 is 4.57 Å². The van der Waals surface area contributed by atoms with Gasteiger partial charge in [-0.3, -0.25) is 0 Å². The summed E-state index contributed by atoms with van der Waals surface area (Å²) in [4.78, 5) is 2.44. The van der Waals surface area contributed by atoms with Crippen molar-refractivity contribution >= 4 is 72.9 Å². The molecule has 0 spiro atoms. The normalized spacial score (nSPS) is 12.0. The molecule has 0 saturated carbocycles. The van der Waals surface area contributed by atoms with Gasteiger partial charge in [0.1, 0.15) is 0 Å². The maximum Gasteiger partial charge on any atom is 0.276 e. The molecule has 0 radical (unpaired) electrons. The van der Waals surface area contributed by atoms with Crippen LogP contribution in [0.4, 0.5) is 0 Å². The zero-order valence-electron chi connectivity index (χ0n) is 16.0. The molecular weight excluding hydrogens is 568 g/mol. The van der Waals surface area contributed by atoms with Gasteiger partial charge in [-0.05, 0) is 70.6 Å². The van der Waals surface area contributed by atoms with Gasteiger partial charge in [-0.1, -0.05) is 47.5 Å². The van der Waals surface area contributed by atoms with Crippen LogP contribution in [0.3, 0.4) is 0 Å². The first-order valence-electron chi connectivity index (χ1n) is 9.16. The predicted octanol–water partition coefficient (Wildman–Crippen LogP) is 5.91. The Morgan fingerprint density at radius 1 is 1.00 bits per heavy atom. The molecule has 158 valence electrons. The molecule has 1 aromatic heterocycles. The van der Waals surface area contributed by atoms with E-state index < -0.39 is 10.0 Å². The maximum absolute atomic E-state index is 12.4. The number of nitrogens with zero attached hydrogens (tertiary/aromatic N) is 2. The highest BCUT2D eigenvalue weighted by atomic mass is 127. The lowest BCUT2D eigenvalue weighted by Gasteiger charge is -2.06. The maximum atomic E-state index is 12.4. The summed E-state index contributed by atoms with van der Waals surface area (Å²) in [7, 11) is -3.74. The molecule has 0 bridgehead atoms. The number of hydrogen-bond donors (Lipinski definition) is 1. The van der Waals surface area contributed by atoms with Crippen molar-refractivity contribution in [3.8, 4) is 0 Å². The van der Waals surface area contributed by atoms with Crippen LogP contribution in [0.2, 0.25) is 10.0 Å². The van der Waals surface area contributed by atoms with Gasteiger partial charge in [0.15, 0.2) is 0 Å². The van der Waals surface area contributed by atoms with E-state index in [4.69, 9.17) is 23.2 Å². The number of hydrazone groups is 1. The second-order valence-electron chi connectivity index (χ2n) is 6.78. The molecular formula is C22H16Cl2IN3O2S. The minimum Gasteiger partial charge on any atom is -0.342 e. The van der Waals surface area contributed by atoms with Gasteiger partial charge in [0, 0.05) is 32.8 Å². The molecule has 4 aromatic rings. The Balaban J connectivity index is 1.61. The lowest BCUT2D eigenvalue weighted by atomic mass is 10.2. The number of sulfonamides is 1. The lowest BCUT2D eigenvalue weighted by molar-refractivity contribution is 0.584. The number of para-hydroxylation sites is 1. The van der Waals surface area contributed by atoms with Crippen LogP contribution in [0.1, 0.15) is 11.1 Å². The Kier molecular flexibility index (Phi) is 6.57. The summed E-state index contributed by atoms with van der Waals surface area (Å²) in [5.41, 5.74) is 2.79. The molecule has 0 saturated heterocycles. The summed E-state index contributed by atoms with van der Waals surface area (Å²) in [6.45, 7) is 0.583. The van der Waals surface area contributed by atoms with Crippen molar-refractivity contribution in [1.82, 2.24) is 9.40 Å². The van der Waals surface area contributed by atoms with Gasteiger partial charge in [0.25, 0.3) is 10.0 Å². The van der Waals surface area contributed by atoms with Crippen molar-refractivity contribution in [3.05, 3.63) is 97.7 Å². The summed E-state index contributed by atoms with van der Waals surface area (Å²) >= 11 is 14.3. The average Bonchev–Trinajstić information content (AvgIpc) is 3.08. The molecule has 31 heavy (non-hydrogen) atoms. The van der Waals surface area contributed by atoms with Crippen molar-refractivity contribution in [2.24, 2.45) is 5.10 Å². The van der Waals surface area contributed by atoms with E-state index >= 15 is 0 Å². The number of aromatic nitrogens is 1. The topological polar surface area (TPSA) is 63.5 Å². The van der Waals surface area contributed by atoms with E-state index in [0.717, 1.165) is 25.6 Å². The molecule has 0 unspecified atom stereocenters. The van der Waals surface area contributed by atoms with E-state index in [9.17, 15) is 8.42 Å². The van der Waals surface area contributed by atoms with Crippen molar-refractivity contribution in [2.75, 3.05) is 0 Å². The van der Waals surface area contributed by atoms with E-state index in [1.165, 1.54) is 6.21 Å². The van der Waals surface area contributed by atoms with Gasteiger partial charge in [0.05, 0.1) is 21.2 Å². The summed E-state index contributed by atoms with van der Waals surface area (Å²) in [6, 6.07) is 19.9. The van der Waals surface area contributed by atoms with Crippen LogP contribution in [0.15, 0.2) is 82.9 Å². The Morgan fingerprint density at radius 2 is 1.74 bits per heavy atom. The molecule has 0 aliphatic carbocycles. The fourth-order valence-corrected chi connectivity index (χ4v) is 4.65. The number of fused-ring (bicyclic) bond motifs is 1. The third-order valence-electron chi connectivity index (χ3n) is 4.66. The molecule has 1 N–H and O–H groups in total. The van der Waals surface area contributed by atoms with E-state index in [-0.39, 0.29) is 4.90 Å². The van der Waals surface area contributed by atoms with Gasteiger partial charge >= 0.3 is 0 Å². The zero-order chi connectivity index (χ0) is 22.0. The van der Waals surface area contributed by atoms with Crippen LogP contribution in [0.25, 0.3) is 10.9 Å². The van der Waals surface area contributed by atoms with Crippen molar-refractivity contribution in [3.63, 3.8) is 0 Å². The van der Waals surface area contributed by atoms with Gasteiger partial charge in [-0.2, -0.15) is 13.5 Å². The van der Waals surface area contributed by atoms with Crippen LogP contribution >= 0.6 is 45.8 Å². The smallest absolute Gasteiger partial charge is 0.276 e. The van der Waals surface area contributed by atoms with E-state index in [1.807, 2.05) is 42.6 Å². The largest absolute Gasteiger partial charge is 0.342 e. The Bertz CT molecular complexity index is 1380. The highest BCUT2D eigenvalue weighted by Crippen LogP contribution is 2.25. The average molecular weight is 584 g/mol. The van der Waals surface area contributed by atoms with Crippen LogP contribution < -0.4 is 4.83 Å². The third kappa shape index (κ3) is 5.06. The molecule has 3 aromatic carbocycles. The molecule has 0 aliphatic rings. The Morgan fingerprint density at radius 3 is 2.48 bits per heavy atom. The van der Waals surface area contributed by atoms with Crippen molar-refractivity contribution in [2.45, 2.75) is 11.4 Å². The lowest BCUT2D eigenvalue weighted by Crippen LogP contribution is -2.18. The molecule has 4 rings (SSSR count).